The second-order valence-electron chi connectivity index (χ2n) is 4.07. The van der Waals surface area contributed by atoms with E-state index in [1.807, 2.05) is 36.4 Å². The summed E-state index contributed by atoms with van der Waals surface area (Å²) in [4.78, 5) is 10.3. The second kappa shape index (κ2) is 10.6. The number of aliphatic hydroxyl groups excluding tert-OH is 1. The highest BCUT2D eigenvalue weighted by Crippen LogP contribution is 2.14. The maximum absolute atomic E-state index is 10.3. The summed E-state index contributed by atoms with van der Waals surface area (Å²) >= 11 is 0. The number of carbonyl (C=O) groups is 1. The average molecular weight is 276 g/mol. The fourth-order valence-electron chi connectivity index (χ4n) is 1.04. The summed E-state index contributed by atoms with van der Waals surface area (Å²) in [6.07, 6.45) is -0.167. The standard InChI is InChI=1S/C7H6O3.C6H6.C3H8O/c8-6-4-2-1-3-5(6)7(9)10;1-2-4-6-5-3-1;1-3(2)4/h1-4,8H,(H,9,10);1-6H;3-4H,1-2H3. The summed E-state index contributed by atoms with van der Waals surface area (Å²) in [6.45, 7) is 3.44. The molecule has 0 aliphatic carbocycles. The van der Waals surface area contributed by atoms with E-state index < -0.39 is 5.97 Å². The van der Waals surface area contributed by atoms with Gasteiger partial charge in [0.15, 0.2) is 0 Å². The molecule has 0 aliphatic heterocycles. The Bertz CT molecular complexity index is 451. The number of benzene rings is 2. The highest BCUT2D eigenvalue weighted by molar-refractivity contribution is 5.90. The van der Waals surface area contributed by atoms with Crippen molar-refractivity contribution < 1.29 is 20.1 Å². The van der Waals surface area contributed by atoms with Crippen molar-refractivity contribution in [3.05, 3.63) is 66.2 Å². The molecule has 4 nitrogen and oxygen atoms in total. The fourth-order valence-corrected chi connectivity index (χ4v) is 1.04. The number of carboxylic acid groups (broad SMARTS) is 1. The number of hydrogen-bond acceptors (Lipinski definition) is 3. The summed E-state index contributed by atoms with van der Waals surface area (Å²) in [5.41, 5.74) is -0.0671. The molecule has 0 spiro atoms. The molecule has 2 aromatic rings. The Hall–Kier alpha value is -2.33. The van der Waals surface area contributed by atoms with Gasteiger partial charge in [-0.05, 0) is 26.0 Å². The molecule has 3 N–H and O–H groups in total. The molecule has 0 heterocycles. The van der Waals surface area contributed by atoms with Crippen LogP contribution in [0.1, 0.15) is 24.2 Å². The Balaban J connectivity index is 0.000000307. The molecule has 0 amide bonds. The van der Waals surface area contributed by atoms with Crippen molar-refractivity contribution in [2.45, 2.75) is 20.0 Å². The van der Waals surface area contributed by atoms with Gasteiger partial charge in [0.05, 0.1) is 0 Å². The van der Waals surface area contributed by atoms with Gasteiger partial charge in [0.25, 0.3) is 0 Å². The van der Waals surface area contributed by atoms with Crippen LogP contribution in [-0.4, -0.2) is 27.4 Å². The minimum absolute atomic E-state index is 0.0671. The molecular formula is C16H20O4. The molecule has 0 atom stereocenters. The molecular weight excluding hydrogens is 256 g/mol. The quantitative estimate of drug-likeness (QED) is 0.747. The number of phenols is 1. The minimum Gasteiger partial charge on any atom is -0.507 e. The van der Waals surface area contributed by atoms with Gasteiger partial charge < -0.3 is 15.3 Å². The lowest BCUT2D eigenvalue weighted by Gasteiger charge is -1.95. The molecule has 0 aromatic heterocycles. The van der Waals surface area contributed by atoms with Crippen LogP contribution in [0, 0.1) is 0 Å². The number of para-hydroxylation sites is 1. The van der Waals surface area contributed by atoms with Gasteiger partial charge in [-0.15, -0.1) is 0 Å². The Morgan fingerprint density at radius 1 is 0.900 bits per heavy atom. The summed E-state index contributed by atoms with van der Waals surface area (Å²) in [5.74, 6) is -1.31. The predicted molar refractivity (Wildman–Crippen MR) is 78.9 cm³/mol. The smallest absolute Gasteiger partial charge is 0.339 e. The van der Waals surface area contributed by atoms with Crippen LogP contribution in [0.3, 0.4) is 0 Å². The summed E-state index contributed by atoms with van der Waals surface area (Å²) in [6, 6.07) is 17.8. The highest BCUT2D eigenvalue weighted by Gasteiger charge is 2.05. The van der Waals surface area contributed by atoms with Crippen LogP contribution in [0.5, 0.6) is 5.75 Å². The topological polar surface area (TPSA) is 77.8 Å². The van der Waals surface area contributed by atoms with Crippen molar-refractivity contribution >= 4 is 5.97 Å². The first-order valence-corrected chi connectivity index (χ1v) is 6.14. The fraction of sp³-hybridized carbons (Fsp3) is 0.188. The van der Waals surface area contributed by atoms with Crippen LogP contribution in [-0.2, 0) is 0 Å². The third-order valence-electron chi connectivity index (χ3n) is 1.80. The molecule has 0 aliphatic rings. The Morgan fingerprint density at radius 3 is 1.50 bits per heavy atom. The van der Waals surface area contributed by atoms with E-state index in [0.717, 1.165) is 0 Å². The van der Waals surface area contributed by atoms with Crippen LogP contribution in [0.4, 0.5) is 0 Å². The predicted octanol–water partition coefficient (Wildman–Crippen LogP) is 3.16. The molecule has 0 saturated carbocycles. The maximum atomic E-state index is 10.3. The highest BCUT2D eigenvalue weighted by atomic mass is 16.4. The third kappa shape index (κ3) is 9.67. The first kappa shape index (κ1) is 17.7. The van der Waals surface area contributed by atoms with Gasteiger partial charge in [-0.1, -0.05) is 48.5 Å². The summed E-state index contributed by atoms with van der Waals surface area (Å²) < 4.78 is 0. The molecule has 4 heteroatoms. The van der Waals surface area contributed by atoms with E-state index in [0.29, 0.717) is 0 Å². The Kier molecular flexibility index (Phi) is 9.35. The zero-order chi connectivity index (χ0) is 15.4. The summed E-state index contributed by atoms with van der Waals surface area (Å²) in [5, 5.41) is 25.4. The van der Waals surface area contributed by atoms with E-state index in [1.165, 1.54) is 12.1 Å². The van der Waals surface area contributed by atoms with Gasteiger partial charge in [0.2, 0.25) is 0 Å². The lowest BCUT2D eigenvalue weighted by molar-refractivity contribution is 0.0693. The Labute approximate surface area is 119 Å². The largest absolute Gasteiger partial charge is 0.507 e. The van der Waals surface area contributed by atoms with Crippen LogP contribution >= 0.6 is 0 Å². The van der Waals surface area contributed by atoms with E-state index >= 15 is 0 Å². The van der Waals surface area contributed by atoms with Crippen LogP contribution in [0.2, 0.25) is 0 Å². The monoisotopic (exact) mass is 276 g/mol. The Morgan fingerprint density at radius 2 is 1.25 bits per heavy atom. The summed E-state index contributed by atoms with van der Waals surface area (Å²) in [7, 11) is 0. The molecule has 0 fully saturated rings. The van der Waals surface area contributed by atoms with Gasteiger partial charge in [0, 0.05) is 6.10 Å². The van der Waals surface area contributed by atoms with E-state index in [4.69, 9.17) is 15.3 Å². The number of aliphatic hydroxyl groups is 1. The van der Waals surface area contributed by atoms with Crippen molar-refractivity contribution in [2.24, 2.45) is 0 Å². The van der Waals surface area contributed by atoms with Gasteiger partial charge in [-0.3, -0.25) is 0 Å². The molecule has 108 valence electrons. The van der Waals surface area contributed by atoms with E-state index in [2.05, 4.69) is 0 Å². The normalized spacial score (nSPS) is 8.80. The maximum Gasteiger partial charge on any atom is 0.339 e. The zero-order valence-electron chi connectivity index (χ0n) is 11.6. The SMILES string of the molecule is CC(C)O.O=C(O)c1ccccc1O.c1ccccc1. The van der Waals surface area contributed by atoms with Crippen molar-refractivity contribution in [2.75, 3.05) is 0 Å². The molecule has 2 rings (SSSR count). The molecule has 0 bridgehead atoms. The van der Waals surface area contributed by atoms with Crippen LogP contribution in [0.15, 0.2) is 60.7 Å². The number of aromatic carboxylic acids is 1. The van der Waals surface area contributed by atoms with Crippen molar-refractivity contribution in [3.8, 4) is 5.75 Å². The number of aromatic hydroxyl groups is 1. The zero-order valence-corrected chi connectivity index (χ0v) is 11.6. The van der Waals surface area contributed by atoms with Gasteiger partial charge in [-0.2, -0.15) is 0 Å². The number of hydrogen-bond donors (Lipinski definition) is 3. The second-order valence-corrected chi connectivity index (χ2v) is 4.07. The van der Waals surface area contributed by atoms with Crippen molar-refractivity contribution in [1.29, 1.82) is 0 Å². The average Bonchev–Trinajstić information content (AvgIpc) is 2.41. The van der Waals surface area contributed by atoms with Gasteiger partial charge >= 0.3 is 5.97 Å². The van der Waals surface area contributed by atoms with Crippen molar-refractivity contribution in [1.82, 2.24) is 0 Å². The molecule has 0 unspecified atom stereocenters. The first-order valence-electron chi connectivity index (χ1n) is 6.14. The molecule has 0 saturated heterocycles. The van der Waals surface area contributed by atoms with Crippen molar-refractivity contribution in [3.63, 3.8) is 0 Å². The van der Waals surface area contributed by atoms with E-state index in [1.54, 1.807) is 26.0 Å². The van der Waals surface area contributed by atoms with Gasteiger partial charge in [0.1, 0.15) is 11.3 Å². The van der Waals surface area contributed by atoms with E-state index in [-0.39, 0.29) is 17.4 Å². The minimum atomic E-state index is -1.11. The molecule has 0 radical (unpaired) electrons. The van der Waals surface area contributed by atoms with Gasteiger partial charge in [-0.25, -0.2) is 4.79 Å². The molecule has 20 heavy (non-hydrogen) atoms. The van der Waals surface area contributed by atoms with Crippen LogP contribution < -0.4 is 0 Å². The third-order valence-corrected chi connectivity index (χ3v) is 1.80. The molecule has 2 aromatic carbocycles. The number of carboxylic acids is 1. The first-order chi connectivity index (χ1) is 9.45. The van der Waals surface area contributed by atoms with Crippen LogP contribution in [0.25, 0.3) is 0 Å². The lowest BCUT2D eigenvalue weighted by Crippen LogP contribution is -1.95. The van der Waals surface area contributed by atoms with E-state index in [9.17, 15) is 4.79 Å². The lowest BCUT2D eigenvalue weighted by atomic mass is 10.2. The number of rotatable bonds is 1.